The molecule has 1 rings (SSSR count). The van der Waals surface area contributed by atoms with Crippen LogP contribution in [0.25, 0.3) is 0 Å². The SMILES string of the molecule is CCC(C#N)Oc1cc(CBr)ccc1[N+](=O)[O-]. The highest BCUT2D eigenvalue weighted by atomic mass is 79.9. The lowest BCUT2D eigenvalue weighted by Gasteiger charge is -2.11. The van der Waals surface area contributed by atoms with Crippen LogP contribution >= 0.6 is 15.9 Å². The van der Waals surface area contributed by atoms with Crippen molar-refractivity contribution in [1.29, 1.82) is 5.26 Å². The van der Waals surface area contributed by atoms with Crippen molar-refractivity contribution in [3.8, 4) is 11.8 Å². The molecule has 6 heteroatoms. The first-order valence-corrected chi connectivity index (χ1v) is 6.14. The monoisotopic (exact) mass is 298 g/mol. The van der Waals surface area contributed by atoms with Gasteiger partial charge >= 0.3 is 5.69 Å². The number of nitro groups is 1. The highest BCUT2D eigenvalue weighted by Crippen LogP contribution is 2.29. The second-order valence-corrected chi connectivity index (χ2v) is 3.90. The lowest BCUT2D eigenvalue weighted by Crippen LogP contribution is -2.13. The van der Waals surface area contributed by atoms with Crippen molar-refractivity contribution in [3.63, 3.8) is 0 Å². The fraction of sp³-hybridized carbons (Fsp3) is 0.364. The summed E-state index contributed by atoms with van der Waals surface area (Å²) in [5.74, 6) is 0.139. The minimum absolute atomic E-state index is 0.122. The van der Waals surface area contributed by atoms with E-state index in [1.807, 2.05) is 6.07 Å². The highest BCUT2D eigenvalue weighted by molar-refractivity contribution is 9.08. The molecule has 0 aliphatic rings. The first kappa shape index (κ1) is 13.5. The van der Waals surface area contributed by atoms with Gasteiger partial charge in [0.1, 0.15) is 6.07 Å². The Morgan fingerprint density at radius 2 is 2.35 bits per heavy atom. The number of nitro benzene ring substituents is 1. The summed E-state index contributed by atoms with van der Waals surface area (Å²) >= 11 is 3.26. The van der Waals surface area contributed by atoms with Crippen LogP contribution in [-0.2, 0) is 5.33 Å². The molecule has 1 atom stereocenters. The standard InChI is InChI=1S/C11H11BrN2O3/c1-2-9(7-13)17-11-5-8(6-12)3-4-10(11)14(15)16/h3-5,9H,2,6H2,1H3. The summed E-state index contributed by atoms with van der Waals surface area (Å²) in [6.07, 6.45) is -0.189. The van der Waals surface area contributed by atoms with Gasteiger partial charge in [0.15, 0.2) is 11.9 Å². The molecule has 0 saturated carbocycles. The Bertz CT molecular complexity index is 457. The van der Waals surface area contributed by atoms with Crippen molar-refractivity contribution in [3.05, 3.63) is 33.9 Å². The topological polar surface area (TPSA) is 76.2 Å². The first-order valence-electron chi connectivity index (χ1n) is 5.02. The maximum atomic E-state index is 10.8. The van der Waals surface area contributed by atoms with Gasteiger partial charge in [0.2, 0.25) is 0 Å². The number of nitriles is 1. The molecule has 17 heavy (non-hydrogen) atoms. The molecule has 90 valence electrons. The summed E-state index contributed by atoms with van der Waals surface area (Å²) < 4.78 is 5.32. The van der Waals surface area contributed by atoms with Crippen LogP contribution < -0.4 is 4.74 Å². The zero-order chi connectivity index (χ0) is 12.8. The van der Waals surface area contributed by atoms with Crippen molar-refractivity contribution in [1.82, 2.24) is 0 Å². The molecule has 0 aliphatic heterocycles. The number of hydrogen-bond donors (Lipinski definition) is 0. The highest BCUT2D eigenvalue weighted by Gasteiger charge is 2.18. The summed E-state index contributed by atoms with van der Waals surface area (Å²) in [5.41, 5.74) is 0.738. The molecule has 0 radical (unpaired) electrons. The van der Waals surface area contributed by atoms with E-state index in [0.29, 0.717) is 11.8 Å². The van der Waals surface area contributed by atoms with Crippen LogP contribution in [0.15, 0.2) is 18.2 Å². The molecule has 1 unspecified atom stereocenters. The molecule has 0 spiro atoms. The third-order valence-corrected chi connectivity index (χ3v) is 2.81. The molecular weight excluding hydrogens is 288 g/mol. The van der Waals surface area contributed by atoms with Gasteiger partial charge in [0.05, 0.1) is 4.92 Å². The average Bonchev–Trinajstić information content (AvgIpc) is 2.35. The van der Waals surface area contributed by atoms with Gasteiger partial charge in [-0.2, -0.15) is 5.26 Å². The van der Waals surface area contributed by atoms with Crippen LogP contribution in [0.2, 0.25) is 0 Å². The van der Waals surface area contributed by atoms with Gasteiger partial charge in [-0.15, -0.1) is 0 Å². The Labute approximate surface area is 107 Å². The molecule has 0 N–H and O–H groups in total. The summed E-state index contributed by atoms with van der Waals surface area (Å²) in [6.45, 7) is 1.79. The molecule has 1 aromatic carbocycles. The smallest absolute Gasteiger partial charge is 0.310 e. The van der Waals surface area contributed by atoms with E-state index in [2.05, 4.69) is 15.9 Å². The summed E-state index contributed by atoms with van der Waals surface area (Å²) in [4.78, 5) is 10.3. The lowest BCUT2D eigenvalue weighted by molar-refractivity contribution is -0.386. The molecule has 0 aliphatic carbocycles. The Balaban J connectivity index is 3.09. The predicted octanol–water partition coefficient (Wildman–Crippen LogP) is 3.17. The summed E-state index contributed by atoms with van der Waals surface area (Å²) in [7, 11) is 0. The van der Waals surface area contributed by atoms with Gasteiger partial charge in [0, 0.05) is 11.4 Å². The normalized spacial score (nSPS) is 11.6. The van der Waals surface area contributed by atoms with Crippen LogP contribution in [0.3, 0.4) is 0 Å². The predicted molar refractivity (Wildman–Crippen MR) is 66.0 cm³/mol. The van der Waals surface area contributed by atoms with E-state index < -0.39 is 11.0 Å². The fourth-order valence-corrected chi connectivity index (χ4v) is 1.59. The van der Waals surface area contributed by atoms with E-state index in [0.717, 1.165) is 5.56 Å². The van der Waals surface area contributed by atoms with Crippen molar-refractivity contribution >= 4 is 21.6 Å². The third-order valence-electron chi connectivity index (χ3n) is 2.16. The average molecular weight is 299 g/mol. The van der Waals surface area contributed by atoms with Gasteiger partial charge in [-0.1, -0.05) is 28.9 Å². The molecule has 1 aromatic rings. The molecule has 0 saturated heterocycles. The lowest BCUT2D eigenvalue weighted by atomic mass is 10.2. The number of nitrogens with zero attached hydrogens (tertiary/aromatic N) is 2. The number of hydrogen-bond acceptors (Lipinski definition) is 4. The van der Waals surface area contributed by atoms with Gasteiger partial charge in [-0.05, 0) is 18.1 Å². The Morgan fingerprint density at radius 1 is 1.65 bits per heavy atom. The largest absolute Gasteiger partial charge is 0.468 e. The van der Waals surface area contributed by atoms with E-state index in [4.69, 9.17) is 10.00 Å². The van der Waals surface area contributed by atoms with Crippen molar-refractivity contribution < 1.29 is 9.66 Å². The molecule has 0 bridgehead atoms. The maximum Gasteiger partial charge on any atom is 0.310 e. The number of alkyl halides is 1. The molecule has 5 nitrogen and oxygen atoms in total. The van der Waals surface area contributed by atoms with Gasteiger partial charge < -0.3 is 4.74 Å². The van der Waals surface area contributed by atoms with Gasteiger partial charge in [-0.3, -0.25) is 10.1 Å². The fourth-order valence-electron chi connectivity index (χ4n) is 1.24. The number of rotatable bonds is 5. The number of halogens is 1. The van der Waals surface area contributed by atoms with Crippen LogP contribution in [0.5, 0.6) is 5.75 Å². The minimum atomic E-state index is -0.667. The van der Waals surface area contributed by atoms with E-state index in [1.165, 1.54) is 6.07 Å². The van der Waals surface area contributed by atoms with E-state index >= 15 is 0 Å². The summed E-state index contributed by atoms with van der Waals surface area (Å²) in [6, 6.07) is 6.55. The van der Waals surface area contributed by atoms with Gasteiger partial charge in [-0.25, -0.2) is 0 Å². The number of ether oxygens (including phenoxy) is 1. The molecule has 0 amide bonds. The van der Waals surface area contributed by atoms with E-state index in [-0.39, 0.29) is 11.4 Å². The maximum absolute atomic E-state index is 10.8. The van der Waals surface area contributed by atoms with Crippen molar-refractivity contribution in [2.24, 2.45) is 0 Å². The Kier molecular flexibility index (Phi) is 4.91. The quantitative estimate of drug-likeness (QED) is 0.475. The second kappa shape index (κ2) is 6.21. The zero-order valence-corrected chi connectivity index (χ0v) is 10.8. The van der Waals surface area contributed by atoms with Crippen LogP contribution in [0.1, 0.15) is 18.9 Å². The Hall–Kier alpha value is -1.61. The van der Waals surface area contributed by atoms with Crippen LogP contribution in [0.4, 0.5) is 5.69 Å². The molecular formula is C11H11BrN2O3. The minimum Gasteiger partial charge on any atom is -0.468 e. The molecule has 0 heterocycles. The second-order valence-electron chi connectivity index (χ2n) is 3.34. The zero-order valence-electron chi connectivity index (χ0n) is 9.22. The summed E-state index contributed by atoms with van der Waals surface area (Å²) in [5, 5.41) is 20.2. The molecule has 0 fully saturated rings. The third kappa shape index (κ3) is 3.43. The van der Waals surface area contributed by atoms with Gasteiger partial charge in [0.25, 0.3) is 0 Å². The number of benzene rings is 1. The van der Waals surface area contributed by atoms with Crippen molar-refractivity contribution in [2.75, 3.05) is 0 Å². The Morgan fingerprint density at radius 3 is 2.82 bits per heavy atom. The van der Waals surface area contributed by atoms with E-state index in [1.54, 1.807) is 19.1 Å². The van der Waals surface area contributed by atoms with Crippen molar-refractivity contribution in [2.45, 2.75) is 24.8 Å². The van der Waals surface area contributed by atoms with Crippen LogP contribution in [0, 0.1) is 21.4 Å². The molecule has 0 aromatic heterocycles. The van der Waals surface area contributed by atoms with Crippen LogP contribution in [-0.4, -0.2) is 11.0 Å². The van der Waals surface area contributed by atoms with E-state index in [9.17, 15) is 10.1 Å². The first-order chi connectivity index (χ1) is 8.12.